The third-order valence-electron chi connectivity index (χ3n) is 10.6. The molecule has 0 fully saturated rings. The molecular formula is C51H31N3O2. The summed E-state index contributed by atoms with van der Waals surface area (Å²) < 4.78 is 13.7. The highest BCUT2D eigenvalue weighted by atomic mass is 16.5. The predicted molar refractivity (Wildman–Crippen MR) is 225 cm³/mol. The Morgan fingerprint density at radius 2 is 0.982 bits per heavy atom. The standard InChI is InChI=1S/C51H31N3O2/c1-2-13-32(14-3-1)45-30-46(34-15-12-26-52-31-34)54-51(53-45)33-24-25-39-37-18-5-4-16-35(37)36-17-6-7-19-38(36)40-20-8-10-22-47(40)55-50-28-43-41-21-9-11-23-48(41)56-49(43)29-44(50)42(39)27-33/h1-31H. The van der Waals surface area contributed by atoms with Crippen molar-refractivity contribution in [1.29, 1.82) is 0 Å². The number of nitrogens with zero attached hydrogens (tertiary/aromatic N) is 3. The van der Waals surface area contributed by atoms with Crippen molar-refractivity contribution in [3.05, 3.63) is 188 Å². The summed E-state index contributed by atoms with van der Waals surface area (Å²) >= 11 is 0. The van der Waals surface area contributed by atoms with E-state index in [2.05, 4.69) is 120 Å². The van der Waals surface area contributed by atoms with Crippen molar-refractivity contribution < 1.29 is 9.15 Å². The molecule has 7 aromatic carbocycles. The molecule has 56 heavy (non-hydrogen) atoms. The Morgan fingerprint density at radius 1 is 0.357 bits per heavy atom. The molecule has 5 heteroatoms. The van der Waals surface area contributed by atoms with Crippen LogP contribution in [0.3, 0.4) is 0 Å². The van der Waals surface area contributed by atoms with Crippen LogP contribution in [0.1, 0.15) is 0 Å². The molecule has 0 saturated carbocycles. The first-order chi connectivity index (χ1) is 27.7. The van der Waals surface area contributed by atoms with E-state index < -0.39 is 0 Å². The zero-order chi connectivity index (χ0) is 37.0. The van der Waals surface area contributed by atoms with E-state index in [1.807, 2.05) is 66.9 Å². The van der Waals surface area contributed by atoms with Crippen LogP contribution in [0.15, 0.2) is 193 Å². The Labute approximate surface area is 323 Å². The lowest BCUT2D eigenvalue weighted by Gasteiger charge is -2.18. The van der Waals surface area contributed by atoms with Gasteiger partial charge < -0.3 is 9.15 Å². The summed E-state index contributed by atoms with van der Waals surface area (Å²) in [5, 5.41) is 2.03. The predicted octanol–water partition coefficient (Wildman–Crippen LogP) is 13.5. The van der Waals surface area contributed by atoms with E-state index in [0.29, 0.717) is 5.82 Å². The van der Waals surface area contributed by atoms with E-state index >= 15 is 0 Å². The van der Waals surface area contributed by atoms with Gasteiger partial charge >= 0.3 is 0 Å². The Balaban J connectivity index is 1.23. The van der Waals surface area contributed by atoms with Gasteiger partial charge in [0.05, 0.1) is 11.4 Å². The number of para-hydroxylation sites is 2. The second kappa shape index (κ2) is 13.0. The Bertz CT molecular complexity index is 3060. The average molecular weight is 718 g/mol. The number of aromatic nitrogens is 3. The molecule has 0 N–H and O–H groups in total. The van der Waals surface area contributed by atoms with Crippen molar-refractivity contribution in [1.82, 2.24) is 15.0 Å². The molecule has 0 spiro atoms. The summed E-state index contributed by atoms with van der Waals surface area (Å²) in [6.45, 7) is 0. The maximum absolute atomic E-state index is 7.13. The fraction of sp³-hybridized carbons (Fsp3) is 0. The number of fused-ring (bicyclic) bond motifs is 12. The second-order valence-electron chi connectivity index (χ2n) is 14.0. The molecule has 1 aliphatic rings. The molecule has 0 unspecified atom stereocenters. The van der Waals surface area contributed by atoms with Crippen LogP contribution in [0.25, 0.3) is 100 Å². The zero-order valence-corrected chi connectivity index (χ0v) is 30.1. The topological polar surface area (TPSA) is 61.0 Å². The third kappa shape index (κ3) is 5.37. The molecule has 11 rings (SSSR count). The Morgan fingerprint density at radius 3 is 1.73 bits per heavy atom. The SMILES string of the molecule is c1ccc(-c2cc(-c3cccnc3)nc(-c3ccc4c(c3)-c3cc5oc6ccccc6c5cc3Oc3ccccc3-c3ccccc3-c3ccccc3-4)n2)cc1. The minimum Gasteiger partial charge on any atom is -0.456 e. The van der Waals surface area contributed by atoms with Gasteiger partial charge in [0.25, 0.3) is 0 Å². The largest absolute Gasteiger partial charge is 0.456 e. The summed E-state index contributed by atoms with van der Waals surface area (Å²) in [5.41, 5.74) is 14.4. The fourth-order valence-electron chi connectivity index (χ4n) is 7.99. The Hall–Kier alpha value is -7.63. The molecule has 3 aromatic heterocycles. The number of rotatable bonds is 3. The molecule has 0 bridgehead atoms. The van der Waals surface area contributed by atoms with Crippen LogP contribution in [0.4, 0.5) is 0 Å². The molecular weight excluding hydrogens is 687 g/mol. The first kappa shape index (κ1) is 31.9. The maximum atomic E-state index is 7.13. The highest BCUT2D eigenvalue weighted by Crippen LogP contribution is 2.50. The van der Waals surface area contributed by atoms with Crippen LogP contribution >= 0.6 is 0 Å². The van der Waals surface area contributed by atoms with Crippen molar-refractivity contribution in [2.45, 2.75) is 0 Å². The van der Waals surface area contributed by atoms with Gasteiger partial charge in [-0.05, 0) is 81.9 Å². The van der Waals surface area contributed by atoms with Crippen LogP contribution in [-0.4, -0.2) is 15.0 Å². The number of hydrogen-bond donors (Lipinski definition) is 0. The van der Waals surface area contributed by atoms with Gasteiger partial charge in [-0.2, -0.15) is 0 Å². The molecule has 4 heterocycles. The highest BCUT2D eigenvalue weighted by molar-refractivity contribution is 6.08. The smallest absolute Gasteiger partial charge is 0.160 e. The van der Waals surface area contributed by atoms with Gasteiger partial charge in [0.2, 0.25) is 0 Å². The van der Waals surface area contributed by atoms with Crippen LogP contribution in [-0.2, 0) is 0 Å². The van der Waals surface area contributed by atoms with Crippen molar-refractivity contribution in [3.63, 3.8) is 0 Å². The fourth-order valence-corrected chi connectivity index (χ4v) is 7.99. The first-order valence-corrected chi connectivity index (χ1v) is 18.7. The Kier molecular flexibility index (Phi) is 7.42. The quantitative estimate of drug-likeness (QED) is 0.182. The second-order valence-corrected chi connectivity index (χ2v) is 14.0. The lowest BCUT2D eigenvalue weighted by molar-refractivity contribution is 0.487. The van der Waals surface area contributed by atoms with Crippen LogP contribution in [0.5, 0.6) is 11.5 Å². The summed E-state index contributed by atoms with van der Waals surface area (Å²) in [5.74, 6) is 2.10. The minimum atomic E-state index is 0.610. The van der Waals surface area contributed by atoms with Crippen molar-refractivity contribution >= 4 is 21.9 Å². The normalized spacial score (nSPS) is 11.7. The van der Waals surface area contributed by atoms with Gasteiger partial charge in [-0.1, -0.05) is 127 Å². The molecule has 10 aromatic rings. The molecule has 0 aliphatic carbocycles. The number of benzene rings is 7. The van der Waals surface area contributed by atoms with Gasteiger partial charge in [-0.15, -0.1) is 0 Å². The number of pyridine rings is 1. The van der Waals surface area contributed by atoms with Crippen LogP contribution in [0, 0.1) is 0 Å². The zero-order valence-electron chi connectivity index (χ0n) is 30.1. The summed E-state index contributed by atoms with van der Waals surface area (Å²) in [4.78, 5) is 14.8. The molecule has 262 valence electrons. The number of hydrogen-bond acceptors (Lipinski definition) is 5. The van der Waals surface area contributed by atoms with Gasteiger partial charge in [0.1, 0.15) is 22.7 Å². The summed E-state index contributed by atoms with van der Waals surface area (Å²) in [7, 11) is 0. The molecule has 0 saturated heterocycles. The highest BCUT2D eigenvalue weighted by Gasteiger charge is 2.24. The minimum absolute atomic E-state index is 0.610. The summed E-state index contributed by atoms with van der Waals surface area (Å²) in [6.07, 6.45) is 3.62. The molecule has 5 nitrogen and oxygen atoms in total. The monoisotopic (exact) mass is 717 g/mol. The third-order valence-corrected chi connectivity index (χ3v) is 10.6. The van der Waals surface area contributed by atoms with E-state index in [0.717, 1.165) is 106 Å². The van der Waals surface area contributed by atoms with E-state index in [1.54, 1.807) is 6.20 Å². The van der Waals surface area contributed by atoms with Gasteiger partial charge in [-0.25, -0.2) is 9.97 Å². The molecule has 0 amide bonds. The summed E-state index contributed by atoms with van der Waals surface area (Å²) in [6, 6.07) is 60.7. The van der Waals surface area contributed by atoms with Gasteiger partial charge in [0, 0.05) is 51.0 Å². The number of furan rings is 1. The molecule has 0 atom stereocenters. The van der Waals surface area contributed by atoms with E-state index in [-0.39, 0.29) is 0 Å². The van der Waals surface area contributed by atoms with Crippen molar-refractivity contribution in [2.24, 2.45) is 0 Å². The van der Waals surface area contributed by atoms with Gasteiger partial charge in [-0.3, -0.25) is 4.98 Å². The first-order valence-electron chi connectivity index (χ1n) is 18.7. The maximum Gasteiger partial charge on any atom is 0.160 e. The lowest BCUT2D eigenvalue weighted by atomic mass is 9.86. The van der Waals surface area contributed by atoms with E-state index in [4.69, 9.17) is 19.1 Å². The van der Waals surface area contributed by atoms with E-state index in [9.17, 15) is 0 Å². The lowest BCUT2D eigenvalue weighted by Crippen LogP contribution is -1.98. The van der Waals surface area contributed by atoms with Crippen LogP contribution in [0.2, 0.25) is 0 Å². The van der Waals surface area contributed by atoms with E-state index in [1.165, 1.54) is 0 Å². The average Bonchev–Trinajstić information content (AvgIpc) is 3.63. The molecule has 0 radical (unpaired) electrons. The van der Waals surface area contributed by atoms with Gasteiger partial charge in [0.15, 0.2) is 5.82 Å². The van der Waals surface area contributed by atoms with Crippen molar-refractivity contribution in [2.75, 3.05) is 0 Å². The molecule has 1 aliphatic heterocycles. The van der Waals surface area contributed by atoms with Crippen molar-refractivity contribution in [3.8, 4) is 89.9 Å². The van der Waals surface area contributed by atoms with Crippen LogP contribution < -0.4 is 4.74 Å². The number of ether oxygens (including phenoxy) is 1.